The summed E-state index contributed by atoms with van der Waals surface area (Å²) in [5, 5.41) is 8.10. The zero-order valence-corrected chi connectivity index (χ0v) is 29.3. The highest BCUT2D eigenvalue weighted by molar-refractivity contribution is 6.77. The van der Waals surface area contributed by atoms with Gasteiger partial charge in [-0.1, -0.05) is 62.1 Å². The summed E-state index contributed by atoms with van der Waals surface area (Å²) in [4.78, 5) is 41.4. The molecule has 0 radical (unpaired) electrons. The Kier molecular flexibility index (Phi) is 9.42. The van der Waals surface area contributed by atoms with Crippen LogP contribution in [0.2, 0.25) is 19.6 Å². The van der Waals surface area contributed by atoms with Gasteiger partial charge in [0.1, 0.15) is 12.3 Å². The Morgan fingerprint density at radius 3 is 2.40 bits per heavy atom. The SMILES string of the molecule is Cc1ccccc1Cn1cc(NC(=O)c2cc(-c3cc4ccccc4n3C(=O)OC(C)(C)C)c(=O)n(COC(C)[Si](C)(C)C)c2)cn1. The van der Waals surface area contributed by atoms with Gasteiger partial charge in [0.25, 0.3) is 11.5 Å². The number of amides is 1. The van der Waals surface area contributed by atoms with Crippen molar-refractivity contribution in [1.82, 2.24) is 18.9 Å². The van der Waals surface area contributed by atoms with Crippen LogP contribution in [0.5, 0.6) is 0 Å². The van der Waals surface area contributed by atoms with Gasteiger partial charge in [-0.05, 0) is 63.9 Å². The van der Waals surface area contributed by atoms with Gasteiger partial charge in [-0.2, -0.15) is 5.10 Å². The molecule has 0 aliphatic rings. The van der Waals surface area contributed by atoms with Crippen molar-refractivity contribution in [3.8, 4) is 11.3 Å². The van der Waals surface area contributed by atoms with Crippen LogP contribution in [0.25, 0.3) is 22.2 Å². The molecule has 11 heteroatoms. The van der Waals surface area contributed by atoms with Crippen molar-refractivity contribution in [3.63, 3.8) is 0 Å². The first-order valence-corrected chi connectivity index (χ1v) is 19.3. The van der Waals surface area contributed by atoms with Crippen LogP contribution < -0.4 is 10.9 Å². The molecule has 0 saturated carbocycles. The highest BCUT2D eigenvalue weighted by Gasteiger charge is 2.27. The summed E-state index contributed by atoms with van der Waals surface area (Å²) in [6, 6.07) is 18.7. The fourth-order valence-corrected chi connectivity index (χ4v) is 5.59. The van der Waals surface area contributed by atoms with E-state index in [1.54, 1.807) is 50.0 Å². The summed E-state index contributed by atoms with van der Waals surface area (Å²) in [5.41, 5.74) is 2.85. The maximum atomic E-state index is 14.1. The summed E-state index contributed by atoms with van der Waals surface area (Å²) in [5.74, 6) is -0.436. The molecule has 0 aliphatic heterocycles. The average Bonchev–Trinajstić information content (AvgIpc) is 3.60. The fourth-order valence-electron chi connectivity index (χ4n) is 5.02. The highest BCUT2D eigenvalue weighted by atomic mass is 28.3. The first kappa shape index (κ1) is 33.6. The molecule has 3 heterocycles. The smallest absolute Gasteiger partial charge is 0.419 e. The molecule has 0 spiro atoms. The van der Waals surface area contributed by atoms with E-state index < -0.39 is 31.2 Å². The molecule has 1 unspecified atom stereocenters. The molecule has 0 aliphatic carbocycles. The minimum absolute atomic E-state index is 0.0531. The largest absolute Gasteiger partial charge is 0.443 e. The number of fused-ring (bicyclic) bond motifs is 1. The topological polar surface area (TPSA) is 109 Å². The van der Waals surface area contributed by atoms with Crippen molar-refractivity contribution in [3.05, 3.63) is 106 Å². The molecule has 2 aromatic carbocycles. The number of ether oxygens (including phenoxy) is 2. The Balaban J connectivity index is 1.56. The van der Waals surface area contributed by atoms with E-state index in [-0.39, 0.29) is 23.6 Å². The highest BCUT2D eigenvalue weighted by Crippen LogP contribution is 2.29. The molecule has 0 fully saturated rings. The van der Waals surface area contributed by atoms with Gasteiger partial charge in [0.2, 0.25) is 0 Å². The number of hydrogen-bond acceptors (Lipinski definition) is 6. The number of aromatic nitrogens is 4. The van der Waals surface area contributed by atoms with Crippen molar-refractivity contribution in [2.45, 2.75) is 78.9 Å². The Morgan fingerprint density at radius 2 is 1.70 bits per heavy atom. The normalized spacial score (nSPS) is 12.7. The van der Waals surface area contributed by atoms with E-state index in [0.29, 0.717) is 23.4 Å². The minimum Gasteiger partial charge on any atom is -0.443 e. The zero-order valence-electron chi connectivity index (χ0n) is 28.3. The molecule has 246 valence electrons. The lowest BCUT2D eigenvalue weighted by Gasteiger charge is -2.26. The number of benzene rings is 2. The summed E-state index contributed by atoms with van der Waals surface area (Å²) in [6.07, 6.45) is 4.22. The molecule has 1 N–H and O–H groups in total. The van der Waals surface area contributed by atoms with Crippen LogP contribution in [-0.4, -0.2) is 50.3 Å². The number of nitrogens with zero attached hydrogens (tertiary/aromatic N) is 4. The first-order valence-electron chi connectivity index (χ1n) is 15.7. The second-order valence-corrected chi connectivity index (χ2v) is 19.5. The van der Waals surface area contributed by atoms with Gasteiger partial charge in [0.05, 0.1) is 48.8 Å². The van der Waals surface area contributed by atoms with Crippen LogP contribution in [0, 0.1) is 6.92 Å². The maximum absolute atomic E-state index is 14.1. The number of pyridine rings is 1. The molecule has 3 aromatic heterocycles. The van der Waals surface area contributed by atoms with Crippen molar-refractivity contribution in [1.29, 1.82) is 0 Å². The summed E-state index contributed by atoms with van der Waals surface area (Å²) in [7, 11) is -1.69. The predicted molar refractivity (Wildman–Crippen MR) is 188 cm³/mol. The summed E-state index contributed by atoms with van der Waals surface area (Å²) in [6.45, 7) is 16.5. The van der Waals surface area contributed by atoms with Crippen LogP contribution >= 0.6 is 0 Å². The van der Waals surface area contributed by atoms with Crippen LogP contribution in [0.3, 0.4) is 0 Å². The number of nitrogens with one attached hydrogen (secondary N) is 1. The van der Waals surface area contributed by atoms with E-state index in [1.165, 1.54) is 21.4 Å². The second kappa shape index (κ2) is 13.2. The summed E-state index contributed by atoms with van der Waals surface area (Å²) < 4.78 is 16.5. The Hall–Kier alpha value is -4.74. The zero-order chi connectivity index (χ0) is 34.1. The standard InChI is InChI=1S/C36H43N5O5Si/c1-24-13-9-10-15-27(24)21-40-22-29(19-37-40)38-33(42)28-17-30(34(43)39(20-28)23-45-25(2)47(6,7)8)32-18-26-14-11-12-16-31(26)41(32)35(44)46-36(3,4)5/h9-20,22,25H,21,23H2,1-8H3,(H,38,42). The number of rotatable bonds is 9. The third kappa shape index (κ3) is 7.80. The molecular formula is C36H43N5O5Si. The number of hydrogen-bond donors (Lipinski definition) is 1. The lowest BCUT2D eigenvalue weighted by molar-refractivity contribution is 0.0543. The third-order valence-electron chi connectivity index (χ3n) is 8.08. The number of carbonyl (C=O) groups is 2. The van der Waals surface area contributed by atoms with Crippen molar-refractivity contribution >= 4 is 36.7 Å². The van der Waals surface area contributed by atoms with Crippen LogP contribution in [-0.2, 0) is 22.7 Å². The van der Waals surface area contributed by atoms with Crippen LogP contribution in [0.15, 0.2) is 84.0 Å². The second-order valence-electron chi connectivity index (χ2n) is 13.9. The monoisotopic (exact) mass is 653 g/mol. The van der Waals surface area contributed by atoms with Gasteiger partial charge in [0, 0.05) is 23.5 Å². The molecule has 1 amide bonds. The number of anilines is 1. The van der Waals surface area contributed by atoms with Gasteiger partial charge in [-0.3, -0.25) is 18.8 Å². The van der Waals surface area contributed by atoms with Gasteiger partial charge >= 0.3 is 6.09 Å². The van der Waals surface area contributed by atoms with E-state index in [1.807, 2.05) is 56.3 Å². The predicted octanol–water partition coefficient (Wildman–Crippen LogP) is 7.30. The van der Waals surface area contributed by atoms with Crippen molar-refractivity contribution < 1.29 is 19.1 Å². The first-order chi connectivity index (χ1) is 22.1. The van der Waals surface area contributed by atoms with Gasteiger partial charge in [0.15, 0.2) is 0 Å². The number of carbonyl (C=O) groups excluding carboxylic acids is 2. The molecular weight excluding hydrogens is 611 g/mol. The van der Waals surface area contributed by atoms with Gasteiger partial charge < -0.3 is 14.8 Å². The fraction of sp³-hybridized carbons (Fsp3) is 0.333. The van der Waals surface area contributed by atoms with E-state index in [9.17, 15) is 14.4 Å². The Morgan fingerprint density at radius 1 is 1.00 bits per heavy atom. The van der Waals surface area contributed by atoms with Gasteiger partial charge in [-0.25, -0.2) is 9.36 Å². The quantitative estimate of drug-likeness (QED) is 0.167. The van der Waals surface area contributed by atoms with Crippen LogP contribution in [0.1, 0.15) is 49.2 Å². The molecule has 0 bridgehead atoms. The average molecular weight is 654 g/mol. The minimum atomic E-state index is -1.69. The van der Waals surface area contributed by atoms with E-state index in [4.69, 9.17) is 9.47 Å². The molecule has 1 atom stereocenters. The van der Waals surface area contributed by atoms with E-state index >= 15 is 0 Å². The van der Waals surface area contributed by atoms with E-state index in [2.05, 4.69) is 30.1 Å². The van der Waals surface area contributed by atoms with E-state index in [0.717, 1.165) is 16.5 Å². The lowest BCUT2D eigenvalue weighted by Crippen LogP contribution is -2.39. The number of aryl methyl sites for hydroxylation is 1. The van der Waals surface area contributed by atoms with Crippen molar-refractivity contribution in [2.75, 3.05) is 5.32 Å². The lowest BCUT2D eigenvalue weighted by atomic mass is 10.1. The molecule has 47 heavy (non-hydrogen) atoms. The molecule has 5 rings (SSSR count). The Bertz CT molecular complexity index is 1990. The molecule has 5 aromatic rings. The third-order valence-corrected chi connectivity index (χ3v) is 10.7. The molecule has 0 saturated heterocycles. The molecule has 10 nitrogen and oxygen atoms in total. The maximum Gasteiger partial charge on any atom is 0.419 e. The van der Waals surface area contributed by atoms with Crippen LogP contribution in [0.4, 0.5) is 10.5 Å². The van der Waals surface area contributed by atoms with Gasteiger partial charge in [-0.15, -0.1) is 0 Å². The van der Waals surface area contributed by atoms with Crippen molar-refractivity contribution in [2.24, 2.45) is 0 Å². The summed E-state index contributed by atoms with van der Waals surface area (Å²) >= 11 is 0. The number of para-hydroxylation sites is 1. The Labute approximate surface area is 275 Å².